The topological polar surface area (TPSA) is 60.5 Å². The number of carbonyl (C=O) groups is 1. The average molecular weight is 346 g/mol. The first kappa shape index (κ1) is 18.0. The molecule has 6 heteroatoms. The number of allylic oxidation sites excluding steroid dienone is 1. The molecular weight excluding hydrogens is 324 g/mol. The second kappa shape index (κ2) is 7.97. The van der Waals surface area contributed by atoms with E-state index >= 15 is 0 Å². The average Bonchev–Trinajstić information content (AvgIpc) is 2.89. The van der Waals surface area contributed by atoms with Crippen LogP contribution in [-0.2, 0) is 6.54 Å². The summed E-state index contributed by atoms with van der Waals surface area (Å²) in [5.41, 5.74) is 2.22. The fourth-order valence-corrected chi connectivity index (χ4v) is 3.27. The molecule has 0 radical (unpaired) electrons. The number of hydrogen-bond acceptors (Lipinski definition) is 5. The summed E-state index contributed by atoms with van der Waals surface area (Å²) in [4.78, 5) is 18.1. The van der Waals surface area contributed by atoms with Crippen LogP contribution in [0.2, 0.25) is 0 Å². The highest BCUT2D eigenvalue weighted by Crippen LogP contribution is 2.33. The second-order valence-electron chi connectivity index (χ2n) is 5.22. The monoisotopic (exact) mass is 346 g/mol. The molecule has 0 saturated heterocycles. The van der Waals surface area contributed by atoms with Crippen molar-refractivity contribution in [2.24, 2.45) is 0 Å². The first-order valence-electron chi connectivity index (χ1n) is 7.60. The van der Waals surface area contributed by atoms with Gasteiger partial charge in [0.2, 0.25) is 0 Å². The number of methoxy groups -OCH3 is 2. The minimum Gasteiger partial charge on any atom is -0.493 e. The van der Waals surface area contributed by atoms with Crippen molar-refractivity contribution in [3.63, 3.8) is 0 Å². The number of carbonyl (C=O) groups excluding carboxylic acids is 1. The summed E-state index contributed by atoms with van der Waals surface area (Å²) in [6.45, 7) is 6.28. The normalized spacial score (nSPS) is 10.9. The fourth-order valence-electron chi connectivity index (χ4n) is 2.43. The van der Waals surface area contributed by atoms with Gasteiger partial charge in [-0.3, -0.25) is 4.79 Å². The van der Waals surface area contributed by atoms with Gasteiger partial charge in [0.25, 0.3) is 5.91 Å². The van der Waals surface area contributed by atoms with Crippen LogP contribution in [0.25, 0.3) is 6.08 Å². The van der Waals surface area contributed by atoms with Gasteiger partial charge in [-0.25, -0.2) is 4.98 Å². The Labute approximate surface area is 146 Å². The Morgan fingerprint density at radius 1 is 1.29 bits per heavy atom. The van der Waals surface area contributed by atoms with Gasteiger partial charge in [-0.1, -0.05) is 12.2 Å². The van der Waals surface area contributed by atoms with E-state index in [1.807, 2.05) is 32.9 Å². The number of thiazole rings is 1. The Morgan fingerprint density at radius 3 is 2.58 bits per heavy atom. The Hall–Kier alpha value is -2.34. The van der Waals surface area contributed by atoms with Gasteiger partial charge in [-0.15, -0.1) is 11.3 Å². The third kappa shape index (κ3) is 3.94. The van der Waals surface area contributed by atoms with Crippen molar-refractivity contribution in [3.05, 3.63) is 44.9 Å². The Balaban J connectivity index is 2.25. The summed E-state index contributed by atoms with van der Waals surface area (Å²) < 4.78 is 10.7. The standard InChI is InChI=1S/C18H22N2O3S/c1-6-7-13-8-14(9-16(22-4)17(13)23-5)18(21)19-10-15-11(2)24-12(3)20-15/h6-9H,10H2,1-5H3,(H,19,21). The van der Waals surface area contributed by atoms with E-state index < -0.39 is 0 Å². The molecule has 2 rings (SSSR count). The van der Waals surface area contributed by atoms with Crippen molar-refractivity contribution in [2.45, 2.75) is 27.3 Å². The molecule has 0 aliphatic rings. The highest BCUT2D eigenvalue weighted by molar-refractivity contribution is 7.11. The van der Waals surface area contributed by atoms with E-state index in [1.165, 1.54) is 0 Å². The lowest BCUT2D eigenvalue weighted by molar-refractivity contribution is 0.0950. The molecule has 0 aliphatic heterocycles. The van der Waals surface area contributed by atoms with Crippen molar-refractivity contribution >= 4 is 23.3 Å². The summed E-state index contributed by atoms with van der Waals surface area (Å²) in [7, 11) is 3.14. The molecule has 2 aromatic rings. The Kier molecular flexibility index (Phi) is 5.98. The molecule has 0 spiro atoms. The van der Waals surface area contributed by atoms with Crippen LogP contribution in [-0.4, -0.2) is 25.1 Å². The van der Waals surface area contributed by atoms with E-state index in [4.69, 9.17) is 9.47 Å². The van der Waals surface area contributed by atoms with Gasteiger partial charge in [-0.05, 0) is 32.9 Å². The van der Waals surface area contributed by atoms with Gasteiger partial charge in [0.15, 0.2) is 11.5 Å². The maximum absolute atomic E-state index is 12.5. The third-order valence-corrected chi connectivity index (χ3v) is 4.46. The van der Waals surface area contributed by atoms with E-state index in [0.29, 0.717) is 23.6 Å². The van der Waals surface area contributed by atoms with Gasteiger partial charge >= 0.3 is 0 Å². The van der Waals surface area contributed by atoms with E-state index in [-0.39, 0.29) is 5.91 Å². The van der Waals surface area contributed by atoms with Gasteiger partial charge in [-0.2, -0.15) is 0 Å². The molecule has 0 bridgehead atoms. The third-order valence-electron chi connectivity index (χ3n) is 3.53. The van der Waals surface area contributed by atoms with Crippen LogP contribution in [0.1, 0.15) is 38.4 Å². The van der Waals surface area contributed by atoms with Crippen LogP contribution >= 0.6 is 11.3 Å². The molecule has 1 aromatic heterocycles. The predicted molar refractivity (Wildman–Crippen MR) is 97.0 cm³/mol. The number of nitrogens with zero attached hydrogens (tertiary/aromatic N) is 1. The first-order chi connectivity index (χ1) is 11.5. The molecule has 0 aliphatic carbocycles. The number of ether oxygens (including phenoxy) is 2. The van der Waals surface area contributed by atoms with Crippen molar-refractivity contribution in [1.82, 2.24) is 10.3 Å². The van der Waals surface area contributed by atoms with Gasteiger partial charge < -0.3 is 14.8 Å². The highest BCUT2D eigenvalue weighted by atomic mass is 32.1. The lowest BCUT2D eigenvalue weighted by atomic mass is 10.1. The predicted octanol–water partition coefficient (Wildman–Crippen LogP) is 3.74. The van der Waals surface area contributed by atoms with Crippen LogP contribution in [0, 0.1) is 13.8 Å². The number of aryl methyl sites for hydroxylation is 2. The van der Waals surface area contributed by atoms with Crippen molar-refractivity contribution < 1.29 is 14.3 Å². The minimum atomic E-state index is -0.174. The molecule has 0 fully saturated rings. The Bertz CT molecular complexity index is 766. The molecule has 1 heterocycles. The summed E-state index contributed by atoms with van der Waals surface area (Å²) >= 11 is 1.63. The maximum atomic E-state index is 12.5. The first-order valence-corrected chi connectivity index (χ1v) is 8.41. The van der Waals surface area contributed by atoms with Crippen LogP contribution in [0.3, 0.4) is 0 Å². The number of hydrogen-bond donors (Lipinski definition) is 1. The summed E-state index contributed by atoms with van der Waals surface area (Å²) in [5.74, 6) is 0.962. The smallest absolute Gasteiger partial charge is 0.251 e. The molecule has 0 atom stereocenters. The van der Waals surface area contributed by atoms with Gasteiger partial charge in [0.05, 0.1) is 31.5 Å². The Morgan fingerprint density at radius 2 is 2.04 bits per heavy atom. The minimum absolute atomic E-state index is 0.174. The van der Waals surface area contributed by atoms with E-state index in [2.05, 4.69) is 10.3 Å². The molecule has 1 N–H and O–H groups in total. The fraction of sp³-hybridized carbons (Fsp3) is 0.333. The molecular formula is C18H22N2O3S. The SMILES string of the molecule is CC=Cc1cc(C(=O)NCc2nc(C)sc2C)cc(OC)c1OC. The quantitative estimate of drug-likeness (QED) is 0.865. The summed E-state index contributed by atoms with van der Waals surface area (Å²) in [5, 5.41) is 3.91. The molecule has 1 aromatic carbocycles. The summed E-state index contributed by atoms with van der Waals surface area (Å²) in [6.07, 6.45) is 3.77. The molecule has 0 saturated carbocycles. The van der Waals surface area contributed by atoms with Gasteiger partial charge in [0.1, 0.15) is 0 Å². The number of rotatable bonds is 6. The highest BCUT2D eigenvalue weighted by Gasteiger charge is 2.15. The van der Waals surface area contributed by atoms with Crippen molar-refractivity contribution in [1.29, 1.82) is 0 Å². The number of benzene rings is 1. The summed E-state index contributed by atoms with van der Waals surface area (Å²) in [6, 6.07) is 3.47. The van der Waals surface area contributed by atoms with Crippen LogP contribution in [0.15, 0.2) is 18.2 Å². The van der Waals surface area contributed by atoms with Crippen LogP contribution in [0.4, 0.5) is 0 Å². The molecule has 0 unspecified atom stereocenters. The number of aromatic nitrogens is 1. The zero-order chi connectivity index (χ0) is 17.7. The zero-order valence-electron chi connectivity index (χ0n) is 14.6. The van der Waals surface area contributed by atoms with Gasteiger partial charge in [0, 0.05) is 16.0 Å². The lowest BCUT2D eigenvalue weighted by Crippen LogP contribution is -2.23. The van der Waals surface area contributed by atoms with E-state index in [9.17, 15) is 4.79 Å². The van der Waals surface area contributed by atoms with E-state index in [0.717, 1.165) is 21.1 Å². The molecule has 1 amide bonds. The molecule has 128 valence electrons. The second-order valence-corrected chi connectivity index (χ2v) is 6.63. The molecule has 24 heavy (non-hydrogen) atoms. The lowest BCUT2D eigenvalue weighted by Gasteiger charge is -2.13. The largest absolute Gasteiger partial charge is 0.493 e. The zero-order valence-corrected chi connectivity index (χ0v) is 15.4. The molecule has 5 nitrogen and oxygen atoms in total. The number of nitrogens with one attached hydrogen (secondary N) is 1. The maximum Gasteiger partial charge on any atom is 0.251 e. The van der Waals surface area contributed by atoms with Crippen molar-refractivity contribution in [3.8, 4) is 11.5 Å². The van der Waals surface area contributed by atoms with Crippen LogP contribution in [0.5, 0.6) is 11.5 Å². The number of amides is 1. The van der Waals surface area contributed by atoms with Crippen molar-refractivity contribution in [2.75, 3.05) is 14.2 Å². The van der Waals surface area contributed by atoms with E-state index in [1.54, 1.807) is 37.7 Å². The van der Waals surface area contributed by atoms with Crippen LogP contribution < -0.4 is 14.8 Å².